The van der Waals surface area contributed by atoms with E-state index in [-0.39, 0.29) is 0 Å². The highest BCUT2D eigenvalue weighted by Gasteiger charge is 2.17. The summed E-state index contributed by atoms with van der Waals surface area (Å²) in [6.45, 7) is 11.1. The summed E-state index contributed by atoms with van der Waals surface area (Å²) in [5.41, 5.74) is 1.14. The molecule has 0 heterocycles. The Labute approximate surface area is 121 Å². The maximum absolute atomic E-state index is 6.28. The first kappa shape index (κ1) is 15.9. The van der Waals surface area contributed by atoms with Crippen molar-refractivity contribution in [2.24, 2.45) is 0 Å². The fourth-order valence-electron chi connectivity index (χ4n) is 2.13. The van der Waals surface area contributed by atoms with Crippen molar-refractivity contribution in [1.82, 2.24) is 0 Å². The Balaban J connectivity index is 3.19. The van der Waals surface area contributed by atoms with E-state index in [4.69, 9.17) is 21.1 Å². The van der Waals surface area contributed by atoms with E-state index in [2.05, 4.69) is 13.5 Å². The molecule has 19 heavy (non-hydrogen) atoms. The molecule has 0 aliphatic rings. The van der Waals surface area contributed by atoms with Crippen LogP contribution in [-0.4, -0.2) is 13.2 Å². The Morgan fingerprint density at radius 3 is 2.32 bits per heavy atom. The Kier molecular flexibility index (Phi) is 6.79. The van der Waals surface area contributed by atoms with Gasteiger partial charge in [-0.05, 0) is 44.2 Å². The summed E-state index contributed by atoms with van der Waals surface area (Å²) >= 11 is 6.28. The number of ether oxygens (including phenoxy) is 2. The first-order valence-corrected chi connectivity index (χ1v) is 7.25. The quantitative estimate of drug-likeness (QED) is 0.610. The molecule has 1 atom stereocenters. The van der Waals surface area contributed by atoms with Crippen molar-refractivity contribution in [3.63, 3.8) is 0 Å². The van der Waals surface area contributed by atoms with Crippen LogP contribution in [0.25, 0.3) is 0 Å². The zero-order valence-corrected chi connectivity index (χ0v) is 12.8. The molecule has 0 aliphatic heterocycles. The number of benzene rings is 1. The molecule has 1 unspecified atom stereocenters. The molecule has 0 saturated carbocycles. The van der Waals surface area contributed by atoms with E-state index < -0.39 is 0 Å². The highest BCUT2D eigenvalue weighted by molar-refractivity contribution is 6.32. The lowest BCUT2D eigenvalue weighted by Gasteiger charge is -2.19. The number of hydrogen-bond donors (Lipinski definition) is 0. The zero-order chi connectivity index (χ0) is 14.3. The second-order valence-electron chi connectivity index (χ2n) is 4.32. The summed E-state index contributed by atoms with van der Waals surface area (Å²) in [6.07, 6.45) is 3.88. The van der Waals surface area contributed by atoms with Crippen LogP contribution in [0.4, 0.5) is 0 Å². The third-order valence-electron chi connectivity index (χ3n) is 3.05. The molecule has 0 spiro atoms. The lowest BCUT2D eigenvalue weighted by molar-refractivity contribution is 0.319. The molecule has 106 valence electrons. The number of hydrogen-bond acceptors (Lipinski definition) is 2. The van der Waals surface area contributed by atoms with Gasteiger partial charge in [0.05, 0.1) is 18.2 Å². The van der Waals surface area contributed by atoms with Gasteiger partial charge in [0.1, 0.15) is 11.5 Å². The van der Waals surface area contributed by atoms with E-state index in [0.717, 1.165) is 24.2 Å². The second-order valence-corrected chi connectivity index (χ2v) is 4.72. The van der Waals surface area contributed by atoms with E-state index in [1.54, 1.807) is 0 Å². The Hall–Kier alpha value is -1.15. The van der Waals surface area contributed by atoms with Crippen molar-refractivity contribution in [1.29, 1.82) is 0 Å². The van der Waals surface area contributed by atoms with Gasteiger partial charge in [-0.2, -0.15) is 0 Å². The molecule has 1 rings (SSSR count). The van der Waals surface area contributed by atoms with Crippen molar-refractivity contribution < 1.29 is 9.47 Å². The molecule has 0 saturated heterocycles. The van der Waals surface area contributed by atoms with Crippen LogP contribution in [0.3, 0.4) is 0 Å². The van der Waals surface area contributed by atoms with Gasteiger partial charge in [0.15, 0.2) is 0 Å². The molecular weight excluding hydrogens is 260 g/mol. The van der Waals surface area contributed by atoms with Gasteiger partial charge in [-0.25, -0.2) is 0 Å². The Morgan fingerprint density at radius 1 is 1.16 bits per heavy atom. The molecule has 0 radical (unpaired) electrons. The monoisotopic (exact) mass is 282 g/mol. The largest absolute Gasteiger partial charge is 0.493 e. The first-order valence-electron chi connectivity index (χ1n) is 6.87. The SMILES string of the molecule is C=CCC(CC)c1cc(Cl)c(OCC)cc1OCC. The molecule has 2 nitrogen and oxygen atoms in total. The third-order valence-corrected chi connectivity index (χ3v) is 3.34. The fourth-order valence-corrected chi connectivity index (χ4v) is 2.36. The van der Waals surface area contributed by atoms with Gasteiger partial charge in [-0.1, -0.05) is 24.6 Å². The maximum atomic E-state index is 6.28. The topological polar surface area (TPSA) is 18.5 Å². The molecule has 0 fully saturated rings. The summed E-state index contributed by atoms with van der Waals surface area (Å²) < 4.78 is 11.3. The molecule has 0 aliphatic carbocycles. The van der Waals surface area contributed by atoms with Crippen LogP contribution >= 0.6 is 11.6 Å². The van der Waals surface area contributed by atoms with Gasteiger partial charge < -0.3 is 9.47 Å². The molecule has 3 heteroatoms. The normalized spacial score (nSPS) is 12.0. The van der Waals surface area contributed by atoms with Crippen molar-refractivity contribution in [2.75, 3.05) is 13.2 Å². The molecule has 0 bridgehead atoms. The van der Waals surface area contributed by atoms with Crippen LogP contribution in [-0.2, 0) is 0 Å². The summed E-state index contributed by atoms with van der Waals surface area (Å²) in [5.74, 6) is 1.93. The van der Waals surface area contributed by atoms with Gasteiger partial charge in [-0.15, -0.1) is 6.58 Å². The molecule has 0 N–H and O–H groups in total. The summed E-state index contributed by atoms with van der Waals surface area (Å²) in [6, 6.07) is 3.87. The Bertz CT molecular complexity index is 415. The molecule has 0 amide bonds. The minimum Gasteiger partial charge on any atom is -0.493 e. The van der Waals surface area contributed by atoms with Crippen molar-refractivity contribution in [3.8, 4) is 11.5 Å². The van der Waals surface area contributed by atoms with Gasteiger partial charge >= 0.3 is 0 Å². The highest BCUT2D eigenvalue weighted by atomic mass is 35.5. The van der Waals surface area contributed by atoms with Crippen LogP contribution in [0.2, 0.25) is 5.02 Å². The number of rotatable bonds is 8. The number of halogens is 1. The molecular formula is C16H23ClO2. The van der Waals surface area contributed by atoms with E-state index >= 15 is 0 Å². The van der Waals surface area contributed by atoms with E-state index in [9.17, 15) is 0 Å². The van der Waals surface area contributed by atoms with E-state index in [1.807, 2.05) is 32.1 Å². The average molecular weight is 283 g/mol. The zero-order valence-electron chi connectivity index (χ0n) is 12.0. The lowest BCUT2D eigenvalue weighted by Crippen LogP contribution is -2.03. The average Bonchev–Trinajstić information content (AvgIpc) is 2.40. The van der Waals surface area contributed by atoms with Crippen LogP contribution in [0.15, 0.2) is 24.8 Å². The summed E-state index contributed by atoms with van der Waals surface area (Å²) in [4.78, 5) is 0. The minimum atomic E-state index is 0.382. The molecule has 1 aromatic rings. The Morgan fingerprint density at radius 2 is 1.79 bits per heavy atom. The van der Waals surface area contributed by atoms with Crippen molar-refractivity contribution in [2.45, 2.75) is 39.5 Å². The smallest absolute Gasteiger partial charge is 0.141 e. The van der Waals surface area contributed by atoms with Gasteiger partial charge in [-0.3, -0.25) is 0 Å². The fraction of sp³-hybridized carbons (Fsp3) is 0.500. The van der Waals surface area contributed by atoms with Crippen molar-refractivity contribution >= 4 is 11.6 Å². The molecule has 0 aromatic heterocycles. The van der Waals surface area contributed by atoms with Gasteiger partial charge in [0, 0.05) is 6.07 Å². The van der Waals surface area contributed by atoms with Gasteiger partial charge in [0.25, 0.3) is 0 Å². The second kappa shape index (κ2) is 8.11. The van der Waals surface area contributed by atoms with Crippen LogP contribution in [0, 0.1) is 0 Å². The van der Waals surface area contributed by atoms with E-state index in [0.29, 0.717) is 29.9 Å². The standard InChI is InChI=1S/C16H23ClO2/c1-5-9-12(6-2)13-10-14(17)16(19-8-4)11-15(13)18-7-3/h5,10-12H,1,6-9H2,2-4H3. The predicted octanol–water partition coefficient (Wildman–Crippen LogP) is 5.21. The first-order chi connectivity index (χ1) is 9.17. The van der Waals surface area contributed by atoms with Crippen molar-refractivity contribution in [3.05, 3.63) is 35.4 Å². The minimum absolute atomic E-state index is 0.382. The van der Waals surface area contributed by atoms with Crippen LogP contribution < -0.4 is 9.47 Å². The number of allylic oxidation sites excluding steroid dienone is 1. The van der Waals surface area contributed by atoms with Crippen LogP contribution in [0.5, 0.6) is 11.5 Å². The predicted molar refractivity (Wildman–Crippen MR) is 81.6 cm³/mol. The van der Waals surface area contributed by atoms with Gasteiger partial charge in [0.2, 0.25) is 0 Å². The summed E-state index contributed by atoms with van der Waals surface area (Å²) in [5, 5.41) is 0.641. The lowest BCUT2D eigenvalue weighted by atomic mass is 9.92. The maximum Gasteiger partial charge on any atom is 0.141 e. The summed E-state index contributed by atoms with van der Waals surface area (Å²) in [7, 11) is 0. The van der Waals surface area contributed by atoms with Crippen LogP contribution in [0.1, 0.15) is 45.1 Å². The molecule has 1 aromatic carbocycles. The third kappa shape index (κ3) is 4.17. The van der Waals surface area contributed by atoms with E-state index in [1.165, 1.54) is 0 Å². The highest BCUT2D eigenvalue weighted by Crippen LogP contribution is 2.39.